The maximum atomic E-state index is 3.94. The van der Waals surface area contributed by atoms with Gasteiger partial charge in [0, 0.05) is 24.5 Å². The van der Waals surface area contributed by atoms with Gasteiger partial charge in [-0.3, -0.25) is 0 Å². The molecule has 2 saturated heterocycles. The molecule has 0 aromatic heterocycles. The molecule has 0 amide bonds. The third-order valence-corrected chi connectivity index (χ3v) is 5.08. The Hall–Kier alpha value is -0.860. The summed E-state index contributed by atoms with van der Waals surface area (Å²) in [6, 6.07) is 12.6. The molecule has 2 bridgehead atoms. The Morgan fingerprint density at radius 2 is 1.83 bits per heavy atom. The van der Waals surface area contributed by atoms with E-state index in [2.05, 4.69) is 40.5 Å². The van der Waals surface area contributed by atoms with E-state index in [1.54, 1.807) is 0 Å². The third-order valence-electron chi connectivity index (χ3n) is 5.08. The van der Waals surface area contributed by atoms with Crippen molar-refractivity contribution in [2.24, 2.45) is 5.92 Å². The monoisotopic (exact) mass is 242 g/mol. The Bertz CT molecular complexity index is 416. The minimum atomic E-state index is 0.754. The lowest BCUT2D eigenvalue weighted by Crippen LogP contribution is -2.44. The Morgan fingerprint density at radius 3 is 2.72 bits per heavy atom. The molecule has 4 rings (SSSR count). The van der Waals surface area contributed by atoms with Gasteiger partial charge in [0.1, 0.15) is 0 Å². The van der Waals surface area contributed by atoms with Crippen LogP contribution >= 0.6 is 0 Å². The zero-order chi connectivity index (χ0) is 11.9. The molecule has 0 radical (unpaired) electrons. The zero-order valence-corrected chi connectivity index (χ0v) is 10.9. The first-order chi connectivity index (χ1) is 8.90. The lowest BCUT2D eigenvalue weighted by Gasteiger charge is -2.31. The second-order valence-corrected chi connectivity index (χ2v) is 6.27. The number of fused-ring (bicyclic) bond motifs is 2. The molecule has 2 heteroatoms. The summed E-state index contributed by atoms with van der Waals surface area (Å²) < 4.78 is 0. The van der Waals surface area contributed by atoms with Gasteiger partial charge < -0.3 is 10.2 Å². The Kier molecular flexibility index (Phi) is 2.66. The topological polar surface area (TPSA) is 15.3 Å². The molecule has 1 aromatic rings. The van der Waals surface area contributed by atoms with Crippen LogP contribution in [0, 0.1) is 5.92 Å². The number of benzene rings is 1. The van der Waals surface area contributed by atoms with Crippen LogP contribution in [0.4, 0.5) is 0 Å². The molecule has 1 aliphatic carbocycles. The van der Waals surface area contributed by atoms with Crippen molar-refractivity contribution >= 4 is 0 Å². The van der Waals surface area contributed by atoms with Crippen LogP contribution in [0.1, 0.15) is 30.7 Å². The van der Waals surface area contributed by atoms with E-state index >= 15 is 0 Å². The average molecular weight is 242 g/mol. The van der Waals surface area contributed by atoms with Gasteiger partial charge in [0.05, 0.1) is 0 Å². The maximum absolute atomic E-state index is 3.94. The van der Waals surface area contributed by atoms with Gasteiger partial charge in [-0.25, -0.2) is 0 Å². The normalized spacial score (nSPS) is 41.9. The van der Waals surface area contributed by atoms with Crippen molar-refractivity contribution < 1.29 is 0 Å². The van der Waals surface area contributed by atoms with Crippen LogP contribution in [0.5, 0.6) is 0 Å². The molecule has 1 saturated carbocycles. The van der Waals surface area contributed by atoms with Gasteiger partial charge >= 0.3 is 0 Å². The molecular weight excluding hydrogens is 220 g/mol. The van der Waals surface area contributed by atoms with E-state index in [1.165, 1.54) is 44.5 Å². The van der Waals surface area contributed by atoms with Crippen molar-refractivity contribution in [3.63, 3.8) is 0 Å². The maximum Gasteiger partial charge on any atom is 0.0145 e. The second kappa shape index (κ2) is 4.36. The fourth-order valence-corrected chi connectivity index (χ4v) is 3.89. The summed E-state index contributed by atoms with van der Waals surface area (Å²) in [5.41, 5.74) is 1.53. The van der Waals surface area contributed by atoms with E-state index in [1.807, 2.05) is 0 Å². The first-order valence-electron chi connectivity index (χ1n) is 7.43. The Morgan fingerprint density at radius 1 is 1.00 bits per heavy atom. The number of nitrogens with one attached hydrogen (secondary N) is 1. The van der Waals surface area contributed by atoms with E-state index in [4.69, 9.17) is 0 Å². The Labute approximate surface area is 109 Å². The van der Waals surface area contributed by atoms with Crippen LogP contribution in [0.2, 0.25) is 0 Å². The highest BCUT2D eigenvalue weighted by atomic mass is 15.2. The third kappa shape index (κ3) is 1.98. The molecule has 0 spiro atoms. The van der Waals surface area contributed by atoms with Crippen molar-refractivity contribution in [3.05, 3.63) is 35.9 Å². The van der Waals surface area contributed by atoms with E-state index in [0.29, 0.717) is 0 Å². The molecule has 96 valence electrons. The van der Waals surface area contributed by atoms with Crippen molar-refractivity contribution in [3.8, 4) is 0 Å². The van der Waals surface area contributed by atoms with Crippen LogP contribution in [0.3, 0.4) is 0 Å². The van der Waals surface area contributed by atoms with Gasteiger partial charge in [0.25, 0.3) is 0 Å². The zero-order valence-electron chi connectivity index (χ0n) is 10.9. The van der Waals surface area contributed by atoms with Gasteiger partial charge in [-0.15, -0.1) is 0 Å². The molecule has 5 unspecified atom stereocenters. The number of hydrogen-bond acceptors (Lipinski definition) is 2. The molecule has 18 heavy (non-hydrogen) atoms. The standard InChI is InChI=1S/C16H22N2/c1-2-4-12(5-3-1)14-10-16(14)17-15-7-9-18-8-6-13(15)11-18/h1-5,13-17H,6-11H2. The SMILES string of the molecule is c1ccc(C2CC2NC2CCN3CCC2C3)cc1. The first kappa shape index (κ1) is 11.0. The molecule has 3 aliphatic rings. The summed E-state index contributed by atoms with van der Waals surface area (Å²) in [7, 11) is 0. The fraction of sp³-hybridized carbons (Fsp3) is 0.625. The summed E-state index contributed by atoms with van der Waals surface area (Å²) >= 11 is 0. The summed E-state index contributed by atoms with van der Waals surface area (Å²) in [5.74, 6) is 1.71. The summed E-state index contributed by atoms with van der Waals surface area (Å²) in [4.78, 5) is 2.63. The lowest BCUT2D eigenvalue weighted by molar-refractivity contribution is 0.219. The van der Waals surface area contributed by atoms with Crippen molar-refractivity contribution in [2.45, 2.75) is 37.3 Å². The largest absolute Gasteiger partial charge is 0.310 e. The molecular formula is C16H22N2. The molecule has 1 aromatic carbocycles. The highest BCUT2D eigenvalue weighted by molar-refractivity contribution is 5.27. The van der Waals surface area contributed by atoms with Crippen molar-refractivity contribution in [1.29, 1.82) is 0 Å². The van der Waals surface area contributed by atoms with Crippen LogP contribution in [-0.2, 0) is 0 Å². The lowest BCUT2D eigenvalue weighted by atomic mass is 9.94. The van der Waals surface area contributed by atoms with Crippen molar-refractivity contribution in [1.82, 2.24) is 10.2 Å². The first-order valence-corrected chi connectivity index (χ1v) is 7.43. The van der Waals surface area contributed by atoms with E-state index in [-0.39, 0.29) is 0 Å². The van der Waals surface area contributed by atoms with Crippen LogP contribution in [-0.4, -0.2) is 36.6 Å². The van der Waals surface area contributed by atoms with E-state index in [9.17, 15) is 0 Å². The molecule has 2 heterocycles. The van der Waals surface area contributed by atoms with Gasteiger partial charge in [0.15, 0.2) is 0 Å². The van der Waals surface area contributed by atoms with Gasteiger partial charge in [-0.2, -0.15) is 0 Å². The van der Waals surface area contributed by atoms with E-state index in [0.717, 1.165) is 23.9 Å². The van der Waals surface area contributed by atoms with Crippen LogP contribution < -0.4 is 5.32 Å². The minimum Gasteiger partial charge on any atom is -0.310 e. The smallest absolute Gasteiger partial charge is 0.0145 e. The molecule has 3 fully saturated rings. The number of hydrogen-bond donors (Lipinski definition) is 1. The Balaban J connectivity index is 1.37. The number of piperidine rings is 1. The van der Waals surface area contributed by atoms with Crippen LogP contribution in [0.15, 0.2) is 30.3 Å². The number of rotatable bonds is 3. The quantitative estimate of drug-likeness (QED) is 0.874. The number of nitrogens with zero attached hydrogens (tertiary/aromatic N) is 1. The van der Waals surface area contributed by atoms with Crippen LogP contribution in [0.25, 0.3) is 0 Å². The van der Waals surface area contributed by atoms with Crippen molar-refractivity contribution in [2.75, 3.05) is 19.6 Å². The summed E-state index contributed by atoms with van der Waals surface area (Å²) in [5, 5.41) is 3.94. The predicted octanol–water partition coefficient (Wildman–Crippen LogP) is 2.23. The highest BCUT2D eigenvalue weighted by Gasteiger charge is 2.42. The second-order valence-electron chi connectivity index (χ2n) is 6.27. The van der Waals surface area contributed by atoms with Gasteiger partial charge in [-0.05, 0) is 43.8 Å². The van der Waals surface area contributed by atoms with Gasteiger partial charge in [-0.1, -0.05) is 30.3 Å². The van der Waals surface area contributed by atoms with E-state index < -0.39 is 0 Å². The average Bonchev–Trinajstić information content (AvgIpc) is 3.09. The molecule has 1 N–H and O–H groups in total. The van der Waals surface area contributed by atoms with Gasteiger partial charge in [0.2, 0.25) is 0 Å². The fourth-order valence-electron chi connectivity index (χ4n) is 3.89. The molecule has 2 aliphatic heterocycles. The highest BCUT2D eigenvalue weighted by Crippen LogP contribution is 2.42. The summed E-state index contributed by atoms with van der Waals surface area (Å²) in [6.07, 6.45) is 4.13. The molecule has 2 nitrogen and oxygen atoms in total. The summed E-state index contributed by atoms with van der Waals surface area (Å²) in [6.45, 7) is 4.01. The predicted molar refractivity (Wildman–Crippen MR) is 73.7 cm³/mol. The molecule has 5 atom stereocenters. The minimum absolute atomic E-state index is 0.754.